The highest BCUT2D eigenvalue weighted by atomic mass is 16.4. The maximum Gasteiger partial charge on any atom is 0.326 e. The summed E-state index contributed by atoms with van der Waals surface area (Å²) in [5.74, 6) is -8.64. The summed E-state index contributed by atoms with van der Waals surface area (Å²) in [5.41, 5.74) is 19.0. The van der Waals surface area contributed by atoms with E-state index in [4.69, 9.17) is 17.2 Å². The first-order valence-corrected chi connectivity index (χ1v) is 28.8. The molecule has 4 aromatic rings. The number of carbonyl (C=O) groups is 10. The van der Waals surface area contributed by atoms with E-state index in [1.165, 1.54) is 41.7 Å². The summed E-state index contributed by atoms with van der Waals surface area (Å²) in [7, 11) is 0. The number of aliphatic carboxylic acids is 1. The molecular weight excluding hydrogens is 1120 g/mol. The van der Waals surface area contributed by atoms with E-state index in [9.17, 15) is 63.3 Å². The highest BCUT2D eigenvalue weighted by molar-refractivity contribution is 5.99. The Labute approximate surface area is 496 Å². The average Bonchev–Trinajstić information content (AvgIpc) is 2.66. The highest BCUT2D eigenvalue weighted by Gasteiger charge is 2.40. The van der Waals surface area contributed by atoms with Crippen molar-refractivity contribution >= 4 is 76.0 Å². The second-order valence-corrected chi connectivity index (χ2v) is 21.9. The lowest BCUT2D eigenvalue weighted by atomic mass is 10.00. The molecule has 0 bridgehead atoms. The summed E-state index contributed by atoms with van der Waals surface area (Å²) in [6.45, 7) is 3.05. The number of aromatic hydroxyl groups is 1. The molecule has 2 fully saturated rings. The fraction of sp³-hybridized carbons (Fsp3) is 0.509. The molecule has 9 amide bonds. The van der Waals surface area contributed by atoms with Crippen molar-refractivity contribution in [3.63, 3.8) is 0 Å². The van der Waals surface area contributed by atoms with Gasteiger partial charge in [-0.1, -0.05) is 44.2 Å². The van der Waals surface area contributed by atoms with E-state index in [-0.39, 0.29) is 107 Å². The number of aromatic amines is 2. The van der Waals surface area contributed by atoms with Crippen LogP contribution in [-0.4, -0.2) is 181 Å². The molecule has 2 aliphatic heterocycles. The van der Waals surface area contributed by atoms with Crippen molar-refractivity contribution in [3.8, 4) is 5.75 Å². The van der Waals surface area contributed by atoms with Gasteiger partial charge in [0.15, 0.2) is 5.96 Å². The molecule has 0 aliphatic carbocycles. The Kier molecular flexibility index (Phi) is 24.8. The van der Waals surface area contributed by atoms with Crippen LogP contribution < -0.4 is 59.7 Å². The third-order valence-electron chi connectivity index (χ3n) is 14.8. The van der Waals surface area contributed by atoms with Gasteiger partial charge in [0.2, 0.25) is 53.2 Å². The van der Waals surface area contributed by atoms with E-state index in [0.717, 1.165) is 0 Å². The van der Waals surface area contributed by atoms with Gasteiger partial charge in [-0.3, -0.25) is 48.1 Å². The number of hydrogen-bond acceptors (Lipinski definition) is 15. The van der Waals surface area contributed by atoms with E-state index >= 15 is 0 Å². The van der Waals surface area contributed by atoms with Crippen LogP contribution in [0.15, 0.2) is 72.2 Å². The van der Waals surface area contributed by atoms with E-state index in [0.29, 0.717) is 47.0 Å². The number of carboxylic acids is 1. The Morgan fingerprint density at radius 3 is 1.95 bits per heavy atom. The molecule has 19 N–H and O–H groups in total. The van der Waals surface area contributed by atoms with E-state index < -0.39 is 114 Å². The summed E-state index contributed by atoms with van der Waals surface area (Å²) in [5, 5.41) is 52.7. The van der Waals surface area contributed by atoms with Crippen LogP contribution in [0.5, 0.6) is 5.75 Å². The molecule has 0 radical (unpaired) electrons. The smallest absolute Gasteiger partial charge is 0.326 e. The predicted molar refractivity (Wildman–Crippen MR) is 313 cm³/mol. The van der Waals surface area contributed by atoms with Gasteiger partial charge < -0.3 is 89.9 Å². The number of hydrogen-bond donors (Lipinski definition) is 16. The number of likely N-dealkylation sites (tertiary alicyclic amines) is 1. The first kappa shape index (κ1) is 66.0. The highest BCUT2D eigenvalue weighted by Crippen LogP contribution is 2.22. The van der Waals surface area contributed by atoms with Gasteiger partial charge in [-0.05, 0) is 99.6 Å². The Morgan fingerprint density at radius 2 is 1.33 bits per heavy atom. The Balaban J connectivity index is 1.23. The normalized spacial score (nSPS) is 17.2. The van der Waals surface area contributed by atoms with Crippen molar-refractivity contribution in [2.45, 2.75) is 152 Å². The van der Waals surface area contributed by atoms with Crippen molar-refractivity contribution in [1.82, 2.24) is 62.4 Å². The number of H-pyrrole nitrogens is 2. The first-order valence-electron chi connectivity index (χ1n) is 28.8. The van der Waals surface area contributed by atoms with Crippen molar-refractivity contribution in [2.24, 2.45) is 28.1 Å². The molecule has 0 saturated carbocycles. The van der Waals surface area contributed by atoms with Crippen molar-refractivity contribution < 1.29 is 63.3 Å². The fourth-order valence-electron chi connectivity index (χ4n) is 10.3. The van der Waals surface area contributed by atoms with Crippen LogP contribution in [0.4, 0.5) is 0 Å². The number of nitrogens with one attached hydrogen (secondary N) is 10. The van der Waals surface area contributed by atoms with Crippen molar-refractivity contribution in [3.05, 3.63) is 84.1 Å². The second kappa shape index (κ2) is 32.2. The zero-order chi connectivity index (χ0) is 62.5. The van der Waals surface area contributed by atoms with E-state index in [1.54, 1.807) is 44.3 Å². The van der Waals surface area contributed by atoms with Crippen LogP contribution >= 0.6 is 0 Å². The number of nitrogens with zero attached hydrogens (tertiary/aromatic N) is 3. The lowest BCUT2D eigenvalue weighted by Crippen LogP contribution is -2.61. The molecule has 6 rings (SSSR count). The number of carboxylic acid groups (broad SMARTS) is 1. The van der Waals surface area contributed by atoms with Gasteiger partial charge in [0.05, 0.1) is 12.9 Å². The first-order chi connectivity index (χ1) is 41.1. The number of rotatable bonds is 33. The number of benzene rings is 2. The molecule has 86 heavy (non-hydrogen) atoms. The van der Waals surface area contributed by atoms with E-state index in [2.05, 4.69) is 62.5 Å². The zero-order valence-electron chi connectivity index (χ0n) is 48.1. The largest absolute Gasteiger partial charge is 0.508 e. The van der Waals surface area contributed by atoms with Crippen molar-refractivity contribution in [2.75, 3.05) is 26.2 Å². The minimum absolute atomic E-state index is 0.00939. The Bertz CT molecular complexity index is 3020. The van der Waals surface area contributed by atoms with Crippen LogP contribution in [0.1, 0.15) is 94.9 Å². The number of carbonyl (C=O) groups excluding carboxylic acids is 9. The number of fused-ring (bicyclic) bond motifs is 1. The van der Waals surface area contributed by atoms with Gasteiger partial charge in [-0.25, -0.2) is 9.78 Å². The summed E-state index contributed by atoms with van der Waals surface area (Å²) < 4.78 is 0. The van der Waals surface area contributed by atoms with Gasteiger partial charge in [-0.15, -0.1) is 0 Å². The molecule has 29 nitrogen and oxygen atoms in total. The molecule has 0 unspecified atom stereocenters. The number of phenolic OH excluding ortho intramolecular Hbond substituents is 1. The van der Waals surface area contributed by atoms with Crippen LogP contribution in [0.25, 0.3) is 10.9 Å². The number of guanidine groups is 1. The van der Waals surface area contributed by atoms with Crippen LogP contribution in [-0.2, 0) is 67.2 Å². The number of unbranched alkanes of at least 4 members (excludes halogenated alkanes) is 1. The summed E-state index contributed by atoms with van der Waals surface area (Å²) in [6, 6.07) is 0.846. The standard InChI is InChI=1S/C57H80N16O13/c1-31(2)23-41(50(79)67-40(12-7-21-62-57(59)60)55(84)73-22-8-13-46(73)56(85)86)68-48(77)38(11-5-6-20-58)66-51(80)42(24-32-14-16-35(75)17-15-32)69-54(83)45(29-74)72-52(81)43(25-33-27-63-37-10-4-3-9-36(33)37)70-53(82)44(26-34-28-61-30-64-34)71-49(78)39-18-19-47(76)65-39/h3-4,9-10,14-17,27-28,30-31,38-46,63,74-75H,5-8,11-13,18-26,29,58H2,1-2H3,(H,61,64)(H,65,76)(H,66,80)(H,67,79)(H,68,77)(H,69,83)(H,70,82)(H,71,78)(H,72,81)(H,85,86)(H4,59,60,62)/t38-,39+,40+,41+,42+,43+,44+,45+,46+/m1/s1. The van der Waals surface area contributed by atoms with Crippen LogP contribution in [0, 0.1) is 5.92 Å². The molecule has 2 aromatic heterocycles. The monoisotopic (exact) mass is 1200 g/mol. The number of aromatic nitrogens is 3. The number of aliphatic hydroxyl groups is 1. The van der Waals surface area contributed by atoms with E-state index in [1.807, 2.05) is 0 Å². The predicted octanol–water partition coefficient (Wildman–Crippen LogP) is -2.41. The fourth-order valence-corrected chi connectivity index (χ4v) is 10.3. The summed E-state index contributed by atoms with van der Waals surface area (Å²) in [4.78, 5) is 153. The zero-order valence-corrected chi connectivity index (χ0v) is 48.1. The number of aliphatic hydroxyl groups excluding tert-OH is 1. The SMILES string of the molecule is CC(C)C[C@H](NC(=O)[C@@H](CCCCN)NC(=O)[C@H](Cc1ccc(O)cc1)NC(=O)[C@H](CO)NC(=O)[C@H](Cc1c[nH]c2ccccc12)NC(=O)[C@H](Cc1cnc[nH]1)NC(=O)[C@@H]1CCC(=O)N1)C(=O)N[C@@H](CCCN=C(N)N)C(=O)N1CCC[C@H]1C(=O)O. The van der Waals surface area contributed by atoms with Gasteiger partial charge in [0.25, 0.3) is 0 Å². The minimum Gasteiger partial charge on any atom is -0.508 e. The van der Waals surface area contributed by atoms with Gasteiger partial charge in [0.1, 0.15) is 60.1 Å². The van der Waals surface area contributed by atoms with Crippen LogP contribution in [0.2, 0.25) is 0 Å². The van der Waals surface area contributed by atoms with Gasteiger partial charge in [0, 0.05) is 67.8 Å². The summed E-state index contributed by atoms with van der Waals surface area (Å²) in [6.07, 6.45) is 5.87. The summed E-state index contributed by atoms with van der Waals surface area (Å²) >= 11 is 0. The van der Waals surface area contributed by atoms with Crippen molar-refractivity contribution in [1.29, 1.82) is 0 Å². The molecule has 2 saturated heterocycles. The third kappa shape index (κ3) is 19.5. The molecule has 0 spiro atoms. The molecule has 466 valence electrons. The maximum atomic E-state index is 14.7. The number of para-hydroxylation sites is 1. The average molecular weight is 1200 g/mol. The molecule has 4 heterocycles. The number of imidazole rings is 1. The van der Waals surface area contributed by atoms with Crippen LogP contribution in [0.3, 0.4) is 0 Å². The molecule has 2 aromatic carbocycles. The maximum absolute atomic E-state index is 14.7. The van der Waals surface area contributed by atoms with Gasteiger partial charge in [-0.2, -0.15) is 0 Å². The van der Waals surface area contributed by atoms with Gasteiger partial charge >= 0.3 is 5.97 Å². The lowest BCUT2D eigenvalue weighted by molar-refractivity contribution is -0.149. The second-order valence-electron chi connectivity index (χ2n) is 21.9. The quantitative estimate of drug-likeness (QED) is 0.0134. The number of aliphatic imine (C=N–C) groups is 1. The number of amides is 9. The Hall–Kier alpha value is -9.12. The topological polar surface area (TPSA) is 466 Å². The number of nitrogens with two attached hydrogens (primary N) is 3. The number of phenols is 1. The minimum atomic E-state index is -1.77. The lowest BCUT2D eigenvalue weighted by Gasteiger charge is -2.30. The molecule has 9 atom stereocenters. The Morgan fingerprint density at radius 1 is 0.721 bits per heavy atom. The molecule has 2 aliphatic rings. The molecule has 29 heteroatoms. The molecular formula is C57H80N16O13. The third-order valence-corrected chi connectivity index (χ3v) is 14.8.